The number of hydrogen-bond acceptors (Lipinski definition) is 3. The number of rotatable bonds is 8. The molecule has 98 valence electrons. The molecule has 0 aromatic carbocycles. The Kier molecular flexibility index (Phi) is 6.22. The fraction of sp³-hybridized carbons (Fsp3) is 0.769. The number of imidazole rings is 1. The van der Waals surface area contributed by atoms with Gasteiger partial charge in [0.1, 0.15) is 5.82 Å². The molecule has 2 unspecified atom stereocenters. The first kappa shape index (κ1) is 14.2. The SMILES string of the molecule is CCCNC(Cc1nccn1C)CC(C)OC. The lowest BCUT2D eigenvalue weighted by Gasteiger charge is -2.21. The molecule has 2 atom stereocenters. The molecule has 0 amide bonds. The van der Waals surface area contributed by atoms with Crippen LogP contribution < -0.4 is 5.32 Å². The summed E-state index contributed by atoms with van der Waals surface area (Å²) in [5.74, 6) is 1.13. The standard InChI is InChI=1S/C13H25N3O/c1-5-6-14-12(9-11(2)17-4)10-13-15-7-8-16(13)3/h7-8,11-12,14H,5-6,9-10H2,1-4H3. The summed E-state index contributed by atoms with van der Waals surface area (Å²) in [6.45, 7) is 5.34. The number of hydrogen-bond donors (Lipinski definition) is 1. The van der Waals surface area contributed by atoms with Crippen molar-refractivity contribution < 1.29 is 4.74 Å². The molecule has 0 saturated carbocycles. The second-order valence-electron chi connectivity index (χ2n) is 4.59. The van der Waals surface area contributed by atoms with E-state index in [1.54, 1.807) is 7.11 Å². The number of ether oxygens (including phenoxy) is 1. The van der Waals surface area contributed by atoms with Crippen molar-refractivity contribution in [2.75, 3.05) is 13.7 Å². The van der Waals surface area contributed by atoms with Crippen molar-refractivity contribution in [1.29, 1.82) is 0 Å². The molecule has 0 bridgehead atoms. The second-order valence-corrected chi connectivity index (χ2v) is 4.59. The minimum Gasteiger partial charge on any atom is -0.382 e. The Hall–Kier alpha value is -0.870. The number of aromatic nitrogens is 2. The second kappa shape index (κ2) is 7.45. The van der Waals surface area contributed by atoms with Crippen LogP contribution in [0.5, 0.6) is 0 Å². The van der Waals surface area contributed by atoms with Gasteiger partial charge in [0.2, 0.25) is 0 Å². The van der Waals surface area contributed by atoms with E-state index in [1.807, 2.05) is 19.4 Å². The van der Waals surface area contributed by atoms with Gasteiger partial charge in [-0.25, -0.2) is 4.98 Å². The third-order valence-corrected chi connectivity index (χ3v) is 3.05. The van der Waals surface area contributed by atoms with Crippen molar-refractivity contribution in [1.82, 2.24) is 14.9 Å². The fourth-order valence-electron chi connectivity index (χ4n) is 1.90. The molecule has 1 aromatic rings. The lowest BCUT2D eigenvalue weighted by atomic mass is 10.1. The van der Waals surface area contributed by atoms with Crippen LogP contribution in [0.15, 0.2) is 12.4 Å². The van der Waals surface area contributed by atoms with Crippen LogP contribution in [0, 0.1) is 0 Å². The molecule has 4 heteroatoms. The first-order valence-electron chi connectivity index (χ1n) is 6.39. The van der Waals surface area contributed by atoms with Gasteiger partial charge < -0.3 is 14.6 Å². The molecule has 0 radical (unpaired) electrons. The first-order valence-corrected chi connectivity index (χ1v) is 6.39. The zero-order valence-corrected chi connectivity index (χ0v) is 11.4. The maximum atomic E-state index is 5.34. The summed E-state index contributed by atoms with van der Waals surface area (Å²) in [5.41, 5.74) is 0. The van der Waals surface area contributed by atoms with Crippen molar-refractivity contribution in [2.24, 2.45) is 7.05 Å². The van der Waals surface area contributed by atoms with Crippen LogP contribution in [0.1, 0.15) is 32.5 Å². The molecule has 0 aliphatic heterocycles. The van der Waals surface area contributed by atoms with Gasteiger partial charge in [-0.15, -0.1) is 0 Å². The Morgan fingerprint density at radius 3 is 2.82 bits per heavy atom. The van der Waals surface area contributed by atoms with Gasteiger partial charge in [-0.1, -0.05) is 6.92 Å². The van der Waals surface area contributed by atoms with Gasteiger partial charge in [-0.3, -0.25) is 0 Å². The minimum absolute atomic E-state index is 0.282. The summed E-state index contributed by atoms with van der Waals surface area (Å²) in [6, 6.07) is 0.436. The smallest absolute Gasteiger partial charge is 0.109 e. The average Bonchev–Trinajstić information content (AvgIpc) is 2.71. The molecule has 1 heterocycles. The maximum absolute atomic E-state index is 5.34. The summed E-state index contributed by atoms with van der Waals surface area (Å²) in [7, 11) is 3.81. The molecule has 0 aliphatic carbocycles. The van der Waals surface area contributed by atoms with E-state index in [1.165, 1.54) is 0 Å². The maximum Gasteiger partial charge on any atom is 0.109 e. The summed E-state index contributed by atoms with van der Waals surface area (Å²) in [4.78, 5) is 4.38. The largest absolute Gasteiger partial charge is 0.382 e. The Balaban J connectivity index is 2.53. The molecular formula is C13H25N3O. The van der Waals surface area contributed by atoms with Crippen molar-refractivity contribution in [2.45, 2.75) is 45.3 Å². The van der Waals surface area contributed by atoms with E-state index in [-0.39, 0.29) is 6.10 Å². The zero-order chi connectivity index (χ0) is 12.7. The Labute approximate surface area is 104 Å². The van der Waals surface area contributed by atoms with E-state index < -0.39 is 0 Å². The highest BCUT2D eigenvalue weighted by Gasteiger charge is 2.14. The van der Waals surface area contributed by atoms with Crippen molar-refractivity contribution in [3.63, 3.8) is 0 Å². The monoisotopic (exact) mass is 239 g/mol. The van der Waals surface area contributed by atoms with Gasteiger partial charge in [0, 0.05) is 39.0 Å². The Morgan fingerprint density at radius 2 is 2.29 bits per heavy atom. The first-order chi connectivity index (χ1) is 8.17. The average molecular weight is 239 g/mol. The summed E-state index contributed by atoms with van der Waals surface area (Å²) in [6.07, 6.45) is 7.25. The highest BCUT2D eigenvalue weighted by molar-refractivity contribution is 4.95. The van der Waals surface area contributed by atoms with Gasteiger partial charge in [0.25, 0.3) is 0 Å². The minimum atomic E-state index is 0.282. The van der Waals surface area contributed by atoms with Crippen molar-refractivity contribution >= 4 is 0 Å². The van der Waals surface area contributed by atoms with Crippen molar-refractivity contribution in [3.8, 4) is 0 Å². The van der Waals surface area contributed by atoms with Gasteiger partial charge in [-0.2, -0.15) is 0 Å². The van der Waals surface area contributed by atoms with Gasteiger partial charge in [-0.05, 0) is 26.3 Å². The van der Waals surface area contributed by atoms with E-state index in [9.17, 15) is 0 Å². The molecule has 1 N–H and O–H groups in total. The van der Waals surface area contributed by atoms with Crippen molar-refractivity contribution in [3.05, 3.63) is 18.2 Å². The fourth-order valence-corrected chi connectivity index (χ4v) is 1.90. The normalized spacial score (nSPS) is 14.8. The number of methoxy groups -OCH3 is 1. The van der Waals surface area contributed by atoms with E-state index in [2.05, 4.69) is 28.7 Å². The van der Waals surface area contributed by atoms with Gasteiger partial charge >= 0.3 is 0 Å². The quantitative estimate of drug-likeness (QED) is 0.751. The predicted molar refractivity (Wildman–Crippen MR) is 70.1 cm³/mol. The van der Waals surface area contributed by atoms with E-state index >= 15 is 0 Å². The Morgan fingerprint density at radius 1 is 1.53 bits per heavy atom. The third-order valence-electron chi connectivity index (χ3n) is 3.05. The highest BCUT2D eigenvalue weighted by Crippen LogP contribution is 2.07. The topological polar surface area (TPSA) is 39.1 Å². The van der Waals surface area contributed by atoms with E-state index in [0.29, 0.717) is 6.04 Å². The third kappa shape index (κ3) is 4.88. The molecule has 0 spiro atoms. The van der Waals surface area contributed by atoms with Crippen LogP contribution in [-0.4, -0.2) is 35.4 Å². The molecule has 0 fully saturated rings. The molecular weight excluding hydrogens is 214 g/mol. The van der Waals surface area contributed by atoms with Crippen LogP contribution in [0.25, 0.3) is 0 Å². The summed E-state index contributed by atoms with van der Waals surface area (Å²) >= 11 is 0. The summed E-state index contributed by atoms with van der Waals surface area (Å²) < 4.78 is 7.42. The predicted octanol–water partition coefficient (Wildman–Crippen LogP) is 1.76. The van der Waals surface area contributed by atoms with Gasteiger partial charge in [0.05, 0.1) is 6.10 Å². The lowest BCUT2D eigenvalue weighted by molar-refractivity contribution is 0.100. The van der Waals surface area contributed by atoms with Crippen LogP contribution in [0.2, 0.25) is 0 Å². The van der Waals surface area contributed by atoms with E-state index in [4.69, 9.17) is 4.74 Å². The zero-order valence-electron chi connectivity index (χ0n) is 11.4. The van der Waals surface area contributed by atoms with Crippen LogP contribution >= 0.6 is 0 Å². The summed E-state index contributed by atoms with van der Waals surface area (Å²) in [5, 5.41) is 3.57. The van der Waals surface area contributed by atoms with Gasteiger partial charge in [0.15, 0.2) is 0 Å². The molecule has 1 aromatic heterocycles. The van der Waals surface area contributed by atoms with Crippen LogP contribution in [0.3, 0.4) is 0 Å². The molecule has 1 rings (SSSR count). The number of nitrogens with zero attached hydrogens (tertiary/aromatic N) is 2. The molecule has 0 saturated heterocycles. The van der Waals surface area contributed by atoms with Crippen LogP contribution in [0.4, 0.5) is 0 Å². The lowest BCUT2D eigenvalue weighted by Crippen LogP contribution is -2.35. The van der Waals surface area contributed by atoms with Crippen LogP contribution in [-0.2, 0) is 18.2 Å². The number of nitrogens with one attached hydrogen (secondary N) is 1. The van der Waals surface area contributed by atoms with E-state index in [0.717, 1.165) is 31.6 Å². The Bertz CT molecular complexity index is 311. The number of aryl methyl sites for hydroxylation is 1. The highest BCUT2D eigenvalue weighted by atomic mass is 16.5. The molecule has 4 nitrogen and oxygen atoms in total. The molecule has 0 aliphatic rings. The molecule has 17 heavy (non-hydrogen) atoms.